The quantitative estimate of drug-likeness (QED) is 0.846. The number of benzene rings is 1. The molecular formula is C17H25NO2. The third-order valence-corrected chi connectivity index (χ3v) is 4.96. The molecule has 1 aromatic carbocycles. The summed E-state index contributed by atoms with van der Waals surface area (Å²) in [5.74, 6) is 0.924. The van der Waals surface area contributed by atoms with E-state index in [4.69, 9.17) is 9.47 Å². The summed E-state index contributed by atoms with van der Waals surface area (Å²) in [6.07, 6.45) is 5.24. The lowest BCUT2D eigenvalue weighted by Crippen LogP contribution is -2.38. The first-order valence-electron chi connectivity index (χ1n) is 7.62. The smallest absolute Gasteiger partial charge is 0.118 e. The highest BCUT2D eigenvalue weighted by atomic mass is 16.5. The molecule has 2 saturated heterocycles. The van der Waals surface area contributed by atoms with Gasteiger partial charge in [-0.05, 0) is 68.9 Å². The Bertz CT molecular complexity index is 435. The summed E-state index contributed by atoms with van der Waals surface area (Å²) < 4.78 is 11.3. The van der Waals surface area contributed by atoms with Gasteiger partial charge in [0.05, 0.1) is 19.8 Å². The second-order valence-corrected chi connectivity index (χ2v) is 6.49. The van der Waals surface area contributed by atoms with Crippen LogP contribution in [-0.2, 0) is 11.2 Å². The average Bonchev–Trinajstić information content (AvgIpc) is 2.86. The van der Waals surface area contributed by atoms with E-state index in [0.29, 0.717) is 11.5 Å². The largest absolute Gasteiger partial charge is 0.497 e. The van der Waals surface area contributed by atoms with Gasteiger partial charge in [-0.2, -0.15) is 0 Å². The average molecular weight is 275 g/mol. The summed E-state index contributed by atoms with van der Waals surface area (Å²) >= 11 is 0. The Morgan fingerprint density at radius 3 is 2.60 bits per heavy atom. The van der Waals surface area contributed by atoms with Gasteiger partial charge < -0.3 is 14.4 Å². The summed E-state index contributed by atoms with van der Waals surface area (Å²) in [6.45, 7) is 3.40. The van der Waals surface area contributed by atoms with Crippen molar-refractivity contribution in [2.75, 3.05) is 33.9 Å². The highest BCUT2D eigenvalue weighted by Gasteiger charge is 2.41. The fourth-order valence-corrected chi connectivity index (χ4v) is 3.49. The van der Waals surface area contributed by atoms with E-state index in [0.717, 1.165) is 18.8 Å². The van der Waals surface area contributed by atoms with Gasteiger partial charge in [0.25, 0.3) is 0 Å². The van der Waals surface area contributed by atoms with Gasteiger partial charge in [-0.15, -0.1) is 0 Å². The van der Waals surface area contributed by atoms with Gasteiger partial charge in [-0.3, -0.25) is 0 Å². The van der Waals surface area contributed by atoms with E-state index in [9.17, 15) is 0 Å². The Labute approximate surface area is 121 Å². The van der Waals surface area contributed by atoms with E-state index in [1.165, 1.54) is 37.9 Å². The van der Waals surface area contributed by atoms with E-state index in [-0.39, 0.29) is 0 Å². The molecule has 0 radical (unpaired) electrons. The third-order valence-electron chi connectivity index (χ3n) is 4.96. The van der Waals surface area contributed by atoms with Gasteiger partial charge in [0.1, 0.15) is 5.75 Å². The monoisotopic (exact) mass is 275 g/mol. The molecule has 0 unspecified atom stereocenters. The zero-order valence-corrected chi connectivity index (χ0v) is 12.6. The summed E-state index contributed by atoms with van der Waals surface area (Å²) in [4.78, 5) is 2.43. The van der Waals surface area contributed by atoms with Crippen molar-refractivity contribution in [1.82, 2.24) is 4.90 Å². The van der Waals surface area contributed by atoms with Crippen LogP contribution in [0.1, 0.15) is 24.8 Å². The second-order valence-electron chi connectivity index (χ2n) is 6.49. The number of nitrogens with zero attached hydrogens (tertiary/aromatic N) is 1. The number of likely N-dealkylation sites (tertiary alicyclic amines) is 1. The molecule has 2 fully saturated rings. The molecule has 0 aliphatic carbocycles. The first-order valence-corrected chi connectivity index (χ1v) is 7.62. The van der Waals surface area contributed by atoms with Crippen LogP contribution in [0.3, 0.4) is 0 Å². The molecular weight excluding hydrogens is 250 g/mol. The summed E-state index contributed by atoms with van der Waals surface area (Å²) in [5, 5.41) is 0. The Morgan fingerprint density at radius 2 is 1.95 bits per heavy atom. The molecule has 1 spiro atoms. The number of hydrogen-bond acceptors (Lipinski definition) is 3. The van der Waals surface area contributed by atoms with Crippen LogP contribution < -0.4 is 4.74 Å². The predicted molar refractivity (Wildman–Crippen MR) is 80.2 cm³/mol. The maximum absolute atomic E-state index is 6.09. The standard InChI is InChI=1S/C17H25NO2/c1-18-9-7-17(8-10-18)12-16(20-13-17)11-14-3-5-15(19-2)6-4-14/h3-6,16H,7-13H2,1-2H3/t16-/m0/s1. The molecule has 3 nitrogen and oxygen atoms in total. The second kappa shape index (κ2) is 5.74. The van der Waals surface area contributed by atoms with Crippen molar-refractivity contribution in [3.63, 3.8) is 0 Å². The Hall–Kier alpha value is -1.06. The Balaban J connectivity index is 1.57. The minimum absolute atomic E-state index is 0.395. The lowest BCUT2D eigenvalue weighted by Gasteiger charge is -2.36. The van der Waals surface area contributed by atoms with Gasteiger partial charge in [-0.25, -0.2) is 0 Å². The molecule has 0 aromatic heterocycles. The van der Waals surface area contributed by atoms with Crippen LogP contribution in [0.2, 0.25) is 0 Å². The minimum atomic E-state index is 0.395. The summed E-state index contributed by atoms with van der Waals surface area (Å²) in [5.41, 5.74) is 1.81. The van der Waals surface area contributed by atoms with Crippen molar-refractivity contribution in [1.29, 1.82) is 0 Å². The molecule has 20 heavy (non-hydrogen) atoms. The topological polar surface area (TPSA) is 21.7 Å². The van der Waals surface area contributed by atoms with Crippen LogP contribution in [0.15, 0.2) is 24.3 Å². The number of ether oxygens (including phenoxy) is 2. The predicted octanol–water partition coefficient (Wildman–Crippen LogP) is 2.74. The van der Waals surface area contributed by atoms with E-state index in [1.807, 2.05) is 12.1 Å². The molecule has 0 amide bonds. The van der Waals surface area contributed by atoms with Crippen LogP contribution in [0, 0.1) is 5.41 Å². The van der Waals surface area contributed by atoms with Crippen molar-refractivity contribution in [2.24, 2.45) is 5.41 Å². The maximum atomic E-state index is 6.09. The van der Waals surface area contributed by atoms with Gasteiger partial charge in [-0.1, -0.05) is 12.1 Å². The SMILES string of the molecule is COc1ccc(C[C@H]2CC3(CCN(C)CC3)CO2)cc1. The molecule has 0 saturated carbocycles. The maximum Gasteiger partial charge on any atom is 0.118 e. The third kappa shape index (κ3) is 2.99. The van der Waals surface area contributed by atoms with Crippen LogP contribution in [0.5, 0.6) is 5.75 Å². The van der Waals surface area contributed by atoms with E-state index >= 15 is 0 Å². The Kier molecular flexibility index (Phi) is 3.99. The van der Waals surface area contributed by atoms with Crippen LogP contribution in [0.25, 0.3) is 0 Å². The van der Waals surface area contributed by atoms with E-state index in [1.54, 1.807) is 7.11 Å². The highest BCUT2D eigenvalue weighted by molar-refractivity contribution is 5.27. The van der Waals surface area contributed by atoms with Crippen LogP contribution in [0.4, 0.5) is 0 Å². The van der Waals surface area contributed by atoms with Crippen LogP contribution >= 0.6 is 0 Å². The fraction of sp³-hybridized carbons (Fsp3) is 0.647. The minimum Gasteiger partial charge on any atom is -0.497 e. The van der Waals surface area contributed by atoms with Crippen molar-refractivity contribution in [3.8, 4) is 5.75 Å². The van der Waals surface area contributed by atoms with Crippen LogP contribution in [-0.4, -0.2) is 44.9 Å². The first kappa shape index (κ1) is 13.9. The molecule has 1 aromatic rings. The molecule has 2 aliphatic rings. The number of piperidine rings is 1. The normalized spacial score (nSPS) is 26.0. The number of rotatable bonds is 3. The lowest BCUT2D eigenvalue weighted by atomic mass is 9.76. The van der Waals surface area contributed by atoms with Crippen molar-refractivity contribution < 1.29 is 9.47 Å². The molecule has 110 valence electrons. The molecule has 3 rings (SSSR count). The van der Waals surface area contributed by atoms with Gasteiger partial charge >= 0.3 is 0 Å². The molecule has 2 heterocycles. The van der Waals surface area contributed by atoms with Gasteiger partial charge in [0, 0.05) is 0 Å². The van der Waals surface area contributed by atoms with Crippen molar-refractivity contribution >= 4 is 0 Å². The molecule has 0 N–H and O–H groups in total. The fourth-order valence-electron chi connectivity index (χ4n) is 3.49. The lowest BCUT2D eigenvalue weighted by molar-refractivity contribution is 0.0714. The Morgan fingerprint density at radius 1 is 1.25 bits per heavy atom. The molecule has 0 bridgehead atoms. The first-order chi connectivity index (χ1) is 9.69. The summed E-state index contributed by atoms with van der Waals surface area (Å²) in [7, 11) is 3.93. The van der Waals surface area contributed by atoms with Gasteiger partial charge in [0.15, 0.2) is 0 Å². The summed E-state index contributed by atoms with van der Waals surface area (Å²) in [6, 6.07) is 8.38. The van der Waals surface area contributed by atoms with Gasteiger partial charge in [0.2, 0.25) is 0 Å². The zero-order valence-electron chi connectivity index (χ0n) is 12.6. The zero-order chi connectivity index (χ0) is 14.0. The molecule has 2 aliphatic heterocycles. The van der Waals surface area contributed by atoms with E-state index < -0.39 is 0 Å². The van der Waals surface area contributed by atoms with Crippen molar-refractivity contribution in [2.45, 2.75) is 31.8 Å². The molecule has 1 atom stereocenters. The number of methoxy groups -OCH3 is 1. The van der Waals surface area contributed by atoms with Crippen molar-refractivity contribution in [3.05, 3.63) is 29.8 Å². The molecule has 3 heteroatoms. The highest BCUT2D eigenvalue weighted by Crippen LogP contribution is 2.42. The van der Waals surface area contributed by atoms with E-state index in [2.05, 4.69) is 24.1 Å². The number of hydrogen-bond donors (Lipinski definition) is 0.